The minimum absolute atomic E-state index is 0.0112. The van der Waals surface area contributed by atoms with Crippen molar-refractivity contribution in [2.24, 2.45) is 0 Å². The van der Waals surface area contributed by atoms with E-state index in [1.54, 1.807) is 9.80 Å². The molecule has 128 valence electrons. The van der Waals surface area contributed by atoms with Gasteiger partial charge in [-0.1, -0.05) is 0 Å². The zero-order chi connectivity index (χ0) is 17.2. The van der Waals surface area contributed by atoms with Crippen LogP contribution in [0.3, 0.4) is 0 Å². The molecule has 0 atom stereocenters. The van der Waals surface area contributed by atoms with Gasteiger partial charge in [0.1, 0.15) is 11.4 Å². The number of ether oxygens (including phenoxy) is 2. The van der Waals surface area contributed by atoms with Gasteiger partial charge in [0.25, 0.3) is 0 Å². The van der Waals surface area contributed by atoms with E-state index in [1.807, 2.05) is 20.8 Å². The number of nitrogens with zero attached hydrogens (tertiary/aromatic N) is 2. The van der Waals surface area contributed by atoms with Crippen LogP contribution in [0.2, 0.25) is 0 Å². The molecule has 0 radical (unpaired) electrons. The lowest BCUT2D eigenvalue weighted by molar-refractivity contribution is 0.0240. The zero-order valence-electron chi connectivity index (χ0n) is 13.9. The summed E-state index contributed by atoms with van der Waals surface area (Å²) >= 11 is 0. The van der Waals surface area contributed by atoms with E-state index in [4.69, 9.17) is 9.47 Å². The third-order valence-electron chi connectivity index (χ3n) is 3.46. The van der Waals surface area contributed by atoms with Gasteiger partial charge in [0.15, 0.2) is 11.6 Å². The molecule has 2 rings (SSSR count). The first-order valence-corrected chi connectivity index (χ1v) is 7.47. The molecular formula is C16H22F2N2O3. The fourth-order valence-electron chi connectivity index (χ4n) is 2.44. The molecule has 1 amide bonds. The number of benzene rings is 1. The van der Waals surface area contributed by atoms with Crippen molar-refractivity contribution in [1.29, 1.82) is 0 Å². The third kappa shape index (κ3) is 4.24. The second-order valence-corrected chi connectivity index (χ2v) is 6.39. The molecule has 0 spiro atoms. The van der Waals surface area contributed by atoms with E-state index in [1.165, 1.54) is 13.2 Å². The van der Waals surface area contributed by atoms with Crippen LogP contribution in [-0.2, 0) is 4.74 Å². The van der Waals surface area contributed by atoms with Crippen molar-refractivity contribution in [3.63, 3.8) is 0 Å². The summed E-state index contributed by atoms with van der Waals surface area (Å²) in [4.78, 5) is 15.4. The molecule has 5 nitrogen and oxygen atoms in total. The first-order valence-electron chi connectivity index (χ1n) is 7.47. The van der Waals surface area contributed by atoms with Gasteiger partial charge in [0.2, 0.25) is 0 Å². The Labute approximate surface area is 134 Å². The molecule has 0 bridgehead atoms. The Morgan fingerprint density at radius 3 is 2.26 bits per heavy atom. The van der Waals surface area contributed by atoms with Gasteiger partial charge in [0, 0.05) is 38.3 Å². The summed E-state index contributed by atoms with van der Waals surface area (Å²) in [5.41, 5.74) is -0.197. The van der Waals surface area contributed by atoms with Crippen molar-refractivity contribution >= 4 is 11.8 Å². The number of piperazine rings is 1. The zero-order valence-corrected chi connectivity index (χ0v) is 13.9. The lowest BCUT2D eigenvalue weighted by atomic mass is 10.2. The molecule has 0 saturated carbocycles. The minimum atomic E-state index is -0.739. The largest absolute Gasteiger partial charge is 0.492 e. The highest BCUT2D eigenvalue weighted by Crippen LogP contribution is 2.32. The fraction of sp³-hybridized carbons (Fsp3) is 0.562. The summed E-state index contributed by atoms with van der Waals surface area (Å²) in [6.07, 6.45) is -0.380. The number of methoxy groups -OCH3 is 1. The second-order valence-electron chi connectivity index (χ2n) is 6.39. The van der Waals surface area contributed by atoms with Crippen LogP contribution in [0.4, 0.5) is 19.3 Å². The molecule has 1 fully saturated rings. The van der Waals surface area contributed by atoms with Crippen molar-refractivity contribution in [3.8, 4) is 5.75 Å². The Morgan fingerprint density at radius 2 is 1.74 bits per heavy atom. The number of hydrogen-bond donors (Lipinski definition) is 0. The van der Waals surface area contributed by atoms with Gasteiger partial charge in [0.05, 0.1) is 12.8 Å². The number of anilines is 1. The number of hydrogen-bond acceptors (Lipinski definition) is 4. The SMILES string of the molecule is COc1c(F)cc(F)cc1N1CCN(C(=O)OC(C)(C)C)CC1. The van der Waals surface area contributed by atoms with Gasteiger partial charge in [-0.2, -0.15) is 0 Å². The number of carbonyl (C=O) groups is 1. The lowest BCUT2D eigenvalue weighted by Gasteiger charge is -2.37. The van der Waals surface area contributed by atoms with Crippen LogP contribution < -0.4 is 9.64 Å². The van der Waals surface area contributed by atoms with Crippen molar-refractivity contribution < 1.29 is 23.0 Å². The fourth-order valence-corrected chi connectivity index (χ4v) is 2.44. The quantitative estimate of drug-likeness (QED) is 0.837. The predicted octanol–water partition coefficient (Wildman–Crippen LogP) is 3.03. The molecule has 1 aromatic carbocycles. The number of amides is 1. The maximum Gasteiger partial charge on any atom is 0.410 e. The maximum absolute atomic E-state index is 13.8. The van der Waals surface area contributed by atoms with E-state index in [-0.39, 0.29) is 11.8 Å². The third-order valence-corrected chi connectivity index (χ3v) is 3.46. The van der Waals surface area contributed by atoms with Crippen LogP contribution in [0.25, 0.3) is 0 Å². The molecule has 0 aromatic heterocycles. The van der Waals surface area contributed by atoms with Gasteiger partial charge in [-0.05, 0) is 20.8 Å². The first-order chi connectivity index (χ1) is 10.7. The van der Waals surface area contributed by atoms with E-state index in [2.05, 4.69) is 0 Å². The number of rotatable bonds is 2. The molecule has 23 heavy (non-hydrogen) atoms. The normalized spacial score (nSPS) is 15.6. The Bertz CT molecular complexity index is 579. The van der Waals surface area contributed by atoms with Gasteiger partial charge in [-0.15, -0.1) is 0 Å². The van der Waals surface area contributed by atoms with E-state index in [0.717, 1.165) is 6.07 Å². The summed E-state index contributed by atoms with van der Waals surface area (Å²) in [5.74, 6) is -1.39. The molecule has 7 heteroatoms. The monoisotopic (exact) mass is 328 g/mol. The van der Waals surface area contributed by atoms with Gasteiger partial charge in [-0.3, -0.25) is 0 Å². The van der Waals surface area contributed by atoms with Crippen LogP contribution in [0, 0.1) is 11.6 Å². The van der Waals surface area contributed by atoms with Gasteiger partial charge >= 0.3 is 6.09 Å². The highest BCUT2D eigenvalue weighted by molar-refractivity contribution is 5.69. The summed E-state index contributed by atoms with van der Waals surface area (Å²) < 4.78 is 37.6. The van der Waals surface area contributed by atoms with Crippen molar-refractivity contribution in [1.82, 2.24) is 4.90 Å². The number of carbonyl (C=O) groups excluding carboxylic acids is 1. The van der Waals surface area contributed by atoms with Gasteiger partial charge < -0.3 is 19.3 Å². The minimum Gasteiger partial charge on any atom is -0.492 e. The summed E-state index contributed by atoms with van der Waals surface area (Å²) in [6.45, 7) is 7.13. The highest BCUT2D eigenvalue weighted by atomic mass is 19.1. The summed E-state index contributed by atoms with van der Waals surface area (Å²) in [6, 6.07) is 2.03. The maximum atomic E-state index is 13.8. The van der Waals surface area contributed by atoms with Crippen molar-refractivity contribution in [2.75, 3.05) is 38.2 Å². The van der Waals surface area contributed by atoms with E-state index >= 15 is 0 Å². The van der Waals surface area contributed by atoms with Crippen molar-refractivity contribution in [3.05, 3.63) is 23.8 Å². The topological polar surface area (TPSA) is 42.0 Å². The molecule has 0 N–H and O–H groups in total. The Morgan fingerprint density at radius 1 is 1.13 bits per heavy atom. The molecule has 1 saturated heterocycles. The van der Waals surface area contributed by atoms with Crippen LogP contribution in [0.5, 0.6) is 5.75 Å². The molecule has 0 unspecified atom stereocenters. The average Bonchev–Trinajstić information content (AvgIpc) is 2.45. The van der Waals surface area contributed by atoms with Crippen LogP contribution in [0.1, 0.15) is 20.8 Å². The molecule has 1 heterocycles. The molecule has 1 aromatic rings. The van der Waals surface area contributed by atoms with Crippen LogP contribution in [-0.4, -0.2) is 49.9 Å². The molecule has 1 aliphatic heterocycles. The van der Waals surface area contributed by atoms with Crippen LogP contribution in [0.15, 0.2) is 12.1 Å². The molecule has 1 aliphatic rings. The van der Waals surface area contributed by atoms with E-state index in [0.29, 0.717) is 31.9 Å². The number of halogens is 2. The first kappa shape index (κ1) is 17.3. The van der Waals surface area contributed by atoms with E-state index < -0.39 is 17.2 Å². The molecular weight excluding hydrogens is 306 g/mol. The predicted molar refractivity (Wildman–Crippen MR) is 82.9 cm³/mol. The Balaban J connectivity index is 2.06. The smallest absolute Gasteiger partial charge is 0.410 e. The van der Waals surface area contributed by atoms with Gasteiger partial charge in [-0.25, -0.2) is 13.6 Å². The van der Waals surface area contributed by atoms with E-state index in [9.17, 15) is 13.6 Å². The highest BCUT2D eigenvalue weighted by Gasteiger charge is 2.27. The standard InChI is InChI=1S/C16H22F2N2O3/c1-16(2,3)23-15(21)20-7-5-19(6-8-20)13-10-11(17)9-12(18)14(13)22-4/h9-10H,5-8H2,1-4H3. The Hall–Kier alpha value is -2.05. The van der Waals surface area contributed by atoms with Crippen LogP contribution >= 0.6 is 0 Å². The molecule has 0 aliphatic carbocycles. The summed E-state index contributed by atoms with van der Waals surface area (Å²) in [7, 11) is 1.34. The average molecular weight is 328 g/mol. The summed E-state index contributed by atoms with van der Waals surface area (Å²) in [5, 5.41) is 0. The second kappa shape index (κ2) is 6.60. The Kier molecular flexibility index (Phi) is 4.97. The lowest BCUT2D eigenvalue weighted by Crippen LogP contribution is -2.50. The van der Waals surface area contributed by atoms with Crippen molar-refractivity contribution in [2.45, 2.75) is 26.4 Å².